The number of aryl methyl sites for hydroxylation is 1. The molecule has 0 fully saturated rings. The third-order valence-corrected chi connectivity index (χ3v) is 4.93. The molecule has 0 saturated carbocycles. The number of hydrogen-bond donors (Lipinski definition) is 1. The predicted molar refractivity (Wildman–Crippen MR) is 95.5 cm³/mol. The number of fused-ring (bicyclic) bond motifs is 5. The van der Waals surface area contributed by atoms with Gasteiger partial charge in [0.25, 0.3) is 0 Å². The molecule has 0 saturated heterocycles. The highest BCUT2D eigenvalue weighted by Crippen LogP contribution is 2.41. The Labute approximate surface area is 135 Å². The number of hydrogen-bond acceptors (Lipinski definition) is 2. The fourth-order valence-electron chi connectivity index (χ4n) is 3.28. The molecule has 1 aromatic heterocycles. The first-order valence-corrected chi connectivity index (χ1v) is 8.06. The lowest BCUT2D eigenvalue weighted by atomic mass is 9.97. The standard InChI is InChI=1S/C20H21NO2/c1-5-20(3)9-8-13-6-7-14-15-10-12(2)17(22-4)11-16(15)21-18(14)19(13)23-20/h6-11,21H,5H2,1-4H3. The van der Waals surface area contributed by atoms with Gasteiger partial charge in [-0.05, 0) is 38.0 Å². The maximum absolute atomic E-state index is 6.35. The largest absolute Gasteiger partial charge is 0.496 e. The minimum atomic E-state index is -0.244. The molecule has 4 rings (SSSR count). The normalized spacial score (nSPS) is 19.8. The van der Waals surface area contributed by atoms with Gasteiger partial charge in [0, 0.05) is 22.4 Å². The van der Waals surface area contributed by atoms with Crippen molar-refractivity contribution in [1.29, 1.82) is 0 Å². The average Bonchev–Trinajstić information content (AvgIpc) is 2.92. The van der Waals surface area contributed by atoms with Crippen molar-refractivity contribution in [2.24, 2.45) is 0 Å². The minimum absolute atomic E-state index is 0.244. The van der Waals surface area contributed by atoms with Crippen molar-refractivity contribution in [1.82, 2.24) is 4.98 Å². The molecule has 1 atom stereocenters. The molecule has 118 valence electrons. The van der Waals surface area contributed by atoms with Gasteiger partial charge in [0.15, 0.2) is 5.75 Å². The second-order valence-electron chi connectivity index (χ2n) is 6.50. The van der Waals surface area contributed by atoms with Gasteiger partial charge in [-0.15, -0.1) is 0 Å². The highest BCUT2D eigenvalue weighted by molar-refractivity contribution is 6.10. The summed E-state index contributed by atoms with van der Waals surface area (Å²) < 4.78 is 11.8. The Morgan fingerprint density at radius 3 is 2.78 bits per heavy atom. The van der Waals surface area contributed by atoms with Crippen molar-refractivity contribution in [2.75, 3.05) is 7.11 Å². The van der Waals surface area contributed by atoms with E-state index in [0.717, 1.165) is 40.1 Å². The molecular formula is C20H21NO2. The molecular weight excluding hydrogens is 286 g/mol. The number of H-pyrrole nitrogens is 1. The molecule has 1 aliphatic rings. The van der Waals surface area contributed by atoms with E-state index >= 15 is 0 Å². The van der Waals surface area contributed by atoms with E-state index in [1.807, 2.05) is 0 Å². The summed E-state index contributed by atoms with van der Waals surface area (Å²) >= 11 is 0. The summed E-state index contributed by atoms with van der Waals surface area (Å²) in [5.74, 6) is 1.85. The van der Waals surface area contributed by atoms with Crippen molar-refractivity contribution < 1.29 is 9.47 Å². The molecule has 0 radical (unpaired) electrons. The maximum atomic E-state index is 6.35. The van der Waals surface area contributed by atoms with Crippen LogP contribution in [0.2, 0.25) is 0 Å². The third kappa shape index (κ3) is 2.03. The quantitative estimate of drug-likeness (QED) is 0.705. The summed E-state index contributed by atoms with van der Waals surface area (Å²) in [6.07, 6.45) is 5.25. The highest BCUT2D eigenvalue weighted by atomic mass is 16.5. The Bertz CT molecular complexity index is 951. The molecule has 1 unspecified atom stereocenters. The van der Waals surface area contributed by atoms with E-state index in [1.54, 1.807) is 7.11 Å². The SMILES string of the molecule is CCC1(C)C=Cc2ccc3c([nH]c4cc(OC)c(C)cc43)c2O1. The molecule has 0 aliphatic carbocycles. The van der Waals surface area contributed by atoms with Gasteiger partial charge in [0.05, 0.1) is 18.1 Å². The lowest BCUT2D eigenvalue weighted by molar-refractivity contribution is 0.135. The Kier molecular flexibility index (Phi) is 2.95. The molecule has 0 spiro atoms. The summed E-state index contributed by atoms with van der Waals surface area (Å²) in [5, 5.41) is 2.40. The summed E-state index contributed by atoms with van der Waals surface area (Å²) in [6.45, 7) is 6.35. The number of nitrogens with one attached hydrogen (secondary N) is 1. The summed E-state index contributed by atoms with van der Waals surface area (Å²) in [5.41, 5.74) is 4.16. The van der Waals surface area contributed by atoms with Gasteiger partial charge in [0.1, 0.15) is 11.4 Å². The van der Waals surface area contributed by atoms with Gasteiger partial charge < -0.3 is 14.5 Å². The third-order valence-electron chi connectivity index (χ3n) is 4.93. The zero-order chi connectivity index (χ0) is 16.2. The second kappa shape index (κ2) is 4.79. The van der Waals surface area contributed by atoms with Crippen LogP contribution in [-0.4, -0.2) is 17.7 Å². The van der Waals surface area contributed by atoms with Gasteiger partial charge >= 0.3 is 0 Å². The number of rotatable bonds is 2. The fourth-order valence-corrected chi connectivity index (χ4v) is 3.28. The van der Waals surface area contributed by atoms with E-state index in [-0.39, 0.29) is 5.60 Å². The molecule has 3 aromatic rings. The van der Waals surface area contributed by atoms with Crippen LogP contribution in [0.15, 0.2) is 30.3 Å². The van der Waals surface area contributed by atoms with Crippen LogP contribution in [0.4, 0.5) is 0 Å². The Morgan fingerprint density at radius 2 is 2.04 bits per heavy atom. The van der Waals surface area contributed by atoms with Crippen LogP contribution in [0.25, 0.3) is 27.9 Å². The van der Waals surface area contributed by atoms with Gasteiger partial charge in [0.2, 0.25) is 0 Å². The topological polar surface area (TPSA) is 34.2 Å². The first kappa shape index (κ1) is 14.2. The van der Waals surface area contributed by atoms with Crippen LogP contribution in [0.5, 0.6) is 11.5 Å². The van der Waals surface area contributed by atoms with E-state index < -0.39 is 0 Å². The Morgan fingerprint density at radius 1 is 1.22 bits per heavy atom. The molecule has 2 heterocycles. The molecule has 3 heteroatoms. The summed E-state index contributed by atoms with van der Waals surface area (Å²) in [6, 6.07) is 8.54. The lowest BCUT2D eigenvalue weighted by Gasteiger charge is -2.30. The Hall–Kier alpha value is -2.42. The molecule has 1 aliphatic heterocycles. The summed E-state index contributed by atoms with van der Waals surface area (Å²) in [7, 11) is 1.71. The first-order valence-electron chi connectivity index (χ1n) is 8.06. The summed E-state index contributed by atoms with van der Waals surface area (Å²) in [4.78, 5) is 3.53. The number of benzene rings is 2. The van der Waals surface area contributed by atoms with E-state index in [9.17, 15) is 0 Å². The first-order chi connectivity index (χ1) is 11.0. The van der Waals surface area contributed by atoms with Gasteiger partial charge in [-0.25, -0.2) is 0 Å². The molecule has 0 bridgehead atoms. The van der Waals surface area contributed by atoms with Crippen LogP contribution in [0.1, 0.15) is 31.4 Å². The van der Waals surface area contributed by atoms with Gasteiger partial charge in [-0.1, -0.05) is 25.1 Å². The van der Waals surface area contributed by atoms with E-state index in [1.165, 1.54) is 10.8 Å². The molecule has 1 N–H and O–H groups in total. The van der Waals surface area contributed by atoms with Gasteiger partial charge in [-0.2, -0.15) is 0 Å². The molecule has 0 amide bonds. The van der Waals surface area contributed by atoms with Crippen molar-refractivity contribution in [3.8, 4) is 11.5 Å². The lowest BCUT2D eigenvalue weighted by Crippen LogP contribution is -2.30. The molecule has 23 heavy (non-hydrogen) atoms. The smallest absolute Gasteiger partial charge is 0.151 e. The van der Waals surface area contributed by atoms with Gasteiger partial charge in [-0.3, -0.25) is 0 Å². The van der Waals surface area contributed by atoms with Crippen molar-refractivity contribution in [2.45, 2.75) is 32.8 Å². The van der Waals surface area contributed by atoms with Crippen molar-refractivity contribution in [3.63, 3.8) is 0 Å². The highest BCUT2D eigenvalue weighted by Gasteiger charge is 2.27. The van der Waals surface area contributed by atoms with Crippen LogP contribution in [0.3, 0.4) is 0 Å². The monoisotopic (exact) mass is 307 g/mol. The number of methoxy groups -OCH3 is 1. The number of aromatic nitrogens is 1. The number of ether oxygens (including phenoxy) is 2. The van der Waals surface area contributed by atoms with Crippen molar-refractivity contribution in [3.05, 3.63) is 41.5 Å². The maximum Gasteiger partial charge on any atom is 0.151 e. The predicted octanol–water partition coefficient (Wildman–Crippen LogP) is 5.21. The Balaban J connectivity index is 2.02. The number of aromatic amines is 1. The van der Waals surface area contributed by atoms with Crippen LogP contribution in [-0.2, 0) is 0 Å². The van der Waals surface area contributed by atoms with Crippen LogP contribution < -0.4 is 9.47 Å². The zero-order valence-electron chi connectivity index (χ0n) is 14.0. The van der Waals surface area contributed by atoms with Crippen LogP contribution >= 0.6 is 0 Å². The zero-order valence-corrected chi connectivity index (χ0v) is 14.0. The van der Waals surface area contributed by atoms with E-state index in [4.69, 9.17) is 9.47 Å². The average molecular weight is 307 g/mol. The van der Waals surface area contributed by atoms with E-state index in [2.05, 4.69) is 62.2 Å². The van der Waals surface area contributed by atoms with Crippen molar-refractivity contribution >= 4 is 27.9 Å². The van der Waals surface area contributed by atoms with E-state index in [0.29, 0.717) is 0 Å². The molecule has 2 aromatic carbocycles. The fraction of sp³-hybridized carbons (Fsp3) is 0.300. The second-order valence-corrected chi connectivity index (χ2v) is 6.50. The minimum Gasteiger partial charge on any atom is -0.496 e. The van der Waals surface area contributed by atoms with Crippen LogP contribution in [0, 0.1) is 6.92 Å². The molecule has 3 nitrogen and oxygen atoms in total.